The third-order valence-corrected chi connectivity index (χ3v) is 2.39. The van der Waals surface area contributed by atoms with E-state index in [1.165, 1.54) is 25.7 Å². The van der Waals surface area contributed by atoms with Crippen molar-refractivity contribution in [2.75, 3.05) is 20.3 Å². The lowest BCUT2D eigenvalue weighted by atomic mass is 9.97. The summed E-state index contributed by atoms with van der Waals surface area (Å²) in [7, 11) is 1.77. The predicted octanol–water partition coefficient (Wildman–Crippen LogP) is 2.60. The SMILES string of the molecule is CCCC[C@@H](CCCCO)COC. The summed E-state index contributed by atoms with van der Waals surface area (Å²) in [6, 6.07) is 0. The number of unbranched alkanes of at least 4 members (excludes halogenated alkanes) is 2. The van der Waals surface area contributed by atoms with Gasteiger partial charge in [0.25, 0.3) is 0 Å². The van der Waals surface area contributed by atoms with Gasteiger partial charge in [-0.3, -0.25) is 0 Å². The van der Waals surface area contributed by atoms with Gasteiger partial charge in [0.15, 0.2) is 0 Å². The Morgan fingerprint density at radius 1 is 1.15 bits per heavy atom. The number of aliphatic hydroxyl groups is 1. The number of rotatable bonds is 9. The minimum atomic E-state index is 0.327. The van der Waals surface area contributed by atoms with Crippen LogP contribution in [-0.4, -0.2) is 25.4 Å². The van der Waals surface area contributed by atoms with Crippen molar-refractivity contribution in [1.82, 2.24) is 0 Å². The van der Waals surface area contributed by atoms with Crippen molar-refractivity contribution in [3.05, 3.63) is 0 Å². The molecular weight excluding hydrogens is 164 g/mol. The molecule has 0 aliphatic carbocycles. The minimum absolute atomic E-state index is 0.327. The average Bonchev–Trinajstić information content (AvgIpc) is 2.14. The van der Waals surface area contributed by atoms with E-state index < -0.39 is 0 Å². The molecule has 80 valence electrons. The number of hydrogen-bond donors (Lipinski definition) is 1. The Hall–Kier alpha value is -0.0800. The van der Waals surface area contributed by atoms with Gasteiger partial charge in [-0.2, -0.15) is 0 Å². The maximum absolute atomic E-state index is 8.65. The van der Waals surface area contributed by atoms with Gasteiger partial charge in [-0.1, -0.05) is 26.2 Å². The van der Waals surface area contributed by atoms with Crippen molar-refractivity contribution in [3.8, 4) is 0 Å². The van der Waals surface area contributed by atoms with Crippen LogP contribution in [0.5, 0.6) is 0 Å². The second kappa shape index (κ2) is 10.0. The van der Waals surface area contributed by atoms with Crippen LogP contribution < -0.4 is 0 Å². The number of aliphatic hydroxyl groups excluding tert-OH is 1. The second-order valence-corrected chi connectivity index (χ2v) is 3.68. The van der Waals surface area contributed by atoms with Gasteiger partial charge in [0, 0.05) is 20.3 Å². The molecule has 0 fully saturated rings. The third kappa shape index (κ3) is 8.26. The first-order valence-electron chi connectivity index (χ1n) is 5.45. The molecule has 0 aromatic carbocycles. The lowest BCUT2D eigenvalue weighted by Crippen LogP contribution is -2.08. The predicted molar refractivity (Wildman–Crippen MR) is 55.8 cm³/mol. The number of methoxy groups -OCH3 is 1. The minimum Gasteiger partial charge on any atom is -0.396 e. The van der Waals surface area contributed by atoms with E-state index in [4.69, 9.17) is 9.84 Å². The first-order chi connectivity index (χ1) is 6.35. The highest BCUT2D eigenvalue weighted by Crippen LogP contribution is 2.16. The second-order valence-electron chi connectivity index (χ2n) is 3.68. The van der Waals surface area contributed by atoms with E-state index in [-0.39, 0.29) is 0 Å². The monoisotopic (exact) mass is 188 g/mol. The average molecular weight is 188 g/mol. The first kappa shape index (κ1) is 12.9. The zero-order valence-electron chi connectivity index (χ0n) is 9.09. The molecule has 0 radical (unpaired) electrons. The lowest BCUT2D eigenvalue weighted by Gasteiger charge is -2.14. The largest absolute Gasteiger partial charge is 0.396 e. The summed E-state index contributed by atoms with van der Waals surface area (Å²) in [5.41, 5.74) is 0. The molecule has 0 amide bonds. The van der Waals surface area contributed by atoms with E-state index in [1.807, 2.05) is 0 Å². The summed E-state index contributed by atoms with van der Waals surface area (Å²) in [5.74, 6) is 0.705. The summed E-state index contributed by atoms with van der Waals surface area (Å²) >= 11 is 0. The summed E-state index contributed by atoms with van der Waals surface area (Å²) in [4.78, 5) is 0. The quantitative estimate of drug-likeness (QED) is 0.564. The van der Waals surface area contributed by atoms with E-state index in [9.17, 15) is 0 Å². The molecule has 0 aromatic heterocycles. The zero-order valence-corrected chi connectivity index (χ0v) is 9.09. The molecule has 1 N–H and O–H groups in total. The van der Waals surface area contributed by atoms with E-state index in [1.54, 1.807) is 7.11 Å². The van der Waals surface area contributed by atoms with Crippen LogP contribution in [-0.2, 0) is 4.74 Å². The molecule has 2 nitrogen and oxygen atoms in total. The van der Waals surface area contributed by atoms with Gasteiger partial charge >= 0.3 is 0 Å². The Kier molecular flexibility index (Phi) is 9.94. The summed E-state index contributed by atoms with van der Waals surface area (Å²) in [5, 5.41) is 8.65. The lowest BCUT2D eigenvalue weighted by molar-refractivity contribution is 0.139. The molecule has 13 heavy (non-hydrogen) atoms. The normalized spacial score (nSPS) is 13.2. The van der Waals surface area contributed by atoms with Crippen LogP contribution in [0, 0.1) is 5.92 Å². The molecule has 0 rings (SSSR count). The Labute approximate surface area is 82.3 Å². The molecular formula is C11H24O2. The highest BCUT2D eigenvalue weighted by molar-refractivity contribution is 4.58. The van der Waals surface area contributed by atoms with Gasteiger partial charge < -0.3 is 9.84 Å². The van der Waals surface area contributed by atoms with Crippen molar-refractivity contribution < 1.29 is 9.84 Å². The van der Waals surface area contributed by atoms with Crippen molar-refractivity contribution >= 4 is 0 Å². The highest BCUT2D eigenvalue weighted by atomic mass is 16.5. The third-order valence-electron chi connectivity index (χ3n) is 2.39. The Morgan fingerprint density at radius 3 is 2.38 bits per heavy atom. The Balaban J connectivity index is 3.41. The smallest absolute Gasteiger partial charge is 0.0490 e. The maximum Gasteiger partial charge on any atom is 0.0490 e. The van der Waals surface area contributed by atoms with E-state index >= 15 is 0 Å². The summed E-state index contributed by atoms with van der Waals surface area (Å²) in [6.45, 7) is 3.43. The van der Waals surface area contributed by atoms with Crippen LogP contribution in [0.4, 0.5) is 0 Å². The van der Waals surface area contributed by atoms with Crippen LogP contribution in [0.1, 0.15) is 45.4 Å². The molecule has 0 bridgehead atoms. The fourth-order valence-electron chi connectivity index (χ4n) is 1.58. The highest BCUT2D eigenvalue weighted by Gasteiger charge is 2.06. The van der Waals surface area contributed by atoms with Crippen LogP contribution in [0.15, 0.2) is 0 Å². The Bertz CT molecular complexity index is 94.1. The fraction of sp³-hybridized carbons (Fsp3) is 1.00. The number of hydrogen-bond acceptors (Lipinski definition) is 2. The molecule has 0 saturated carbocycles. The van der Waals surface area contributed by atoms with E-state index in [2.05, 4.69) is 6.92 Å². The maximum atomic E-state index is 8.65. The van der Waals surface area contributed by atoms with Gasteiger partial charge in [-0.05, 0) is 25.2 Å². The summed E-state index contributed by atoms with van der Waals surface area (Å²) in [6.07, 6.45) is 7.11. The first-order valence-corrected chi connectivity index (χ1v) is 5.45. The molecule has 2 heteroatoms. The van der Waals surface area contributed by atoms with Gasteiger partial charge in [0.05, 0.1) is 0 Å². The van der Waals surface area contributed by atoms with Gasteiger partial charge in [-0.25, -0.2) is 0 Å². The Morgan fingerprint density at radius 2 is 1.85 bits per heavy atom. The molecule has 0 unspecified atom stereocenters. The van der Waals surface area contributed by atoms with Gasteiger partial charge in [-0.15, -0.1) is 0 Å². The van der Waals surface area contributed by atoms with Crippen molar-refractivity contribution in [1.29, 1.82) is 0 Å². The molecule has 0 aliphatic rings. The van der Waals surface area contributed by atoms with Crippen LogP contribution in [0.2, 0.25) is 0 Å². The topological polar surface area (TPSA) is 29.5 Å². The molecule has 1 atom stereocenters. The van der Waals surface area contributed by atoms with Gasteiger partial charge in [0.2, 0.25) is 0 Å². The van der Waals surface area contributed by atoms with Crippen LogP contribution in [0.3, 0.4) is 0 Å². The standard InChI is InChI=1S/C11H24O2/c1-3-4-7-11(10-13-2)8-5-6-9-12/h11-12H,3-10H2,1-2H3/t11-/m0/s1. The number of ether oxygens (including phenoxy) is 1. The van der Waals surface area contributed by atoms with Crippen molar-refractivity contribution in [3.63, 3.8) is 0 Å². The van der Waals surface area contributed by atoms with Gasteiger partial charge in [0.1, 0.15) is 0 Å². The molecule has 0 spiro atoms. The molecule has 0 aromatic rings. The molecule has 0 heterocycles. The summed E-state index contributed by atoms with van der Waals surface area (Å²) < 4.78 is 5.17. The molecule has 0 saturated heterocycles. The van der Waals surface area contributed by atoms with Crippen LogP contribution in [0.25, 0.3) is 0 Å². The van der Waals surface area contributed by atoms with Crippen molar-refractivity contribution in [2.24, 2.45) is 5.92 Å². The molecule has 0 aliphatic heterocycles. The van der Waals surface area contributed by atoms with Crippen LogP contribution >= 0.6 is 0 Å². The zero-order chi connectivity index (χ0) is 9.94. The van der Waals surface area contributed by atoms with E-state index in [0.717, 1.165) is 19.4 Å². The van der Waals surface area contributed by atoms with E-state index in [0.29, 0.717) is 12.5 Å². The van der Waals surface area contributed by atoms with Crippen molar-refractivity contribution in [2.45, 2.75) is 45.4 Å². The fourth-order valence-corrected chi connectivity index (χ4v) is 1.58.